The lowest BCUT2D eigenvalue weighted by Gasteiger charge is -2.11. The van der Waals surface area contributed by atoms with Gasteiger partial charge < -0.3 is 4.74 Å². The maximum absolute atomic E-state index is 5.85. The van der Waals surface area contributed by atoms with Gasteiger partial charge >= 0.3 is 0 Å². The first-order valence-electron chi connectivity index (χ1n) is 6.39. The highest BCUT2D eigenvalue weighted by atomic mass is 35.5. The molecule has 2 rings (SSSR count). The molecule has 0 aliphatic heterocycles. The monoisotopic (exact) mass is 275 g/mol. The van der Waals surface area contributed by atoms with E-state index in [-0.39, 0.29) is 6.10 Å². The van der Waals surface area contributed by atoms with Crippen LogP contribution >= 0.6 is 11.6 Å². The summed E-state index contributed by atoms with van der Waals surface area (Å²) in [5.74, 6) is 1.36. The van der Waals surface area contributed by atoms with Gasteiger partial charge in [0, 0.05) is 17.1 Å². The lowest BCUT2D eigenvalue weighted by atomic mass is 10.1. The predicted octanol–water partition coefficient (Wildman–Crippen LogP) is 4.58. The minimum absolute atomic E-state index is 0.170. The van der Waals surface area contributed by atoms with E-state index in [4.69, 9.17) is 16.3 Å². The van der Waals surface area contributed by atoms with E-state index in [1.807, 2.05) is 57.2 Å². The zero-order chi connectivity index (χ0) is 13.8. The predicted molar refractivity (Wildman–Crippen MR) is 79.7 cm³/mol. The molecule has 0 atom stereocenters. The Morgan fingerprint density at radius 3 is 2.63 bits per heavy atom. The summed E-state index contributed by atoms with van der Waals surface area (Å²) in [7, 11) is 0. The number of hydrogen-bond acceptors (Lipinski definition) is 2. The van der Waals surface area contributed by atoms with Gasteiger partial charge in [0.2, 0.25) is 0 Å². The van der Waals surface area contributed by atoms with Crippen LogP contribution in [-0.2, 0) is 5.88 Å². The van der Waals surface area contributed by atoms with Crippen molar-refractivity contribution in [3.05, 3.63) is 47.7 Å². The number of pyridine rings is 1. The van der Waals surface area contributed by atoms with Gasteiger partial charge in [-0.1, -0.05) is 18.2 Å². The summed E-state index contributed by atoms with van der Waals surface area (Å²) in [6, 6.07) is 12.0. The molecule has 0 bridgehead atoms. The van der Waals surface area contributed by atoms with Crippen molar-refractivity contribution in [1.82, 2.24) is 4.98 Å². The largest absolute Gasteiger partial charge is 0.491 e. The molecule has 2 aromatic rings. The first-order valence-corrected chi connectivity index (χ1v) is 6.93. The number of alkyl halides is 1. The van der Waals surface area contributed by atoms with Crippen LogP contribution in [0, 0.1) is 6.92 Å². The van der Waals surface area contributed by atoms with Gasteiger partial charge in [-0.15, -0.1) is 11.6 Å². The maximum Gasteiger partial charge on any atom is 0.120 e. The van der Waals surface area contributed by atoms with Gasteiger partial charge in [0.1, 0.15) is 5.75 Å². The molecule has 19 heavy (non-hydrogen) atoms. The number of nitrogens with zero attached hydrogens (tertiary/aromatic N) is 1. The lowest BCUT2D eigenvalue weighted by Crippen LogP contribution is -2.05. The fourth-order valence-corrected chi connectivity index (χ4v) is 2.18. The third-order valence-electron chi connectivity index (χ3n) is 2.84. The molecule has 0 aliphatic rings. The standard InChI is InChI=1S/C16H18ClNO/c1-11(2)19-15-6-4-5-13(9-15)16-8-7-14(10-17)12(3)18-16/h4-9,11H,10H2,1-3H3. The van der Waals surface area contributed by atoms with Crippen LogP contribution in [0.3, 0.4) is 0 Å². The van der Waals surface area contributed by atoms with E-state index in [0.29, 0.717) is 5.88 Å². The normalized spacial score (nSPS) is 10.8. The van der Waals surface area contributed by atoms with Gasteiger partial charge in [0.15, 0.2) is 0 Å². The quantitative estimate of drug-likeness (QED) is 0.762. The van der Waals surface area contributed by atoms with E-state index in [0.717, 1.165) is 28.3 Å². The summed E-state index contributed by atoms with van der Waals surface area (Å²) in [4.78, 5) is 4.59. The summed E-state index contributed by atoms with van der Waals surface area (Å²) in [6.45, 7) is 6.02. The second kappa shape index (κ2) is 6.07. The van der Waals surface area contributed by atoms with Crippen molar-refractivity contribution < 1.29 is 4.74 Å². The fourth-order valence-electron chi connectivity index (χ4n) is 1.89. The molecule has 0 spiro atoms. The Labute approximate surface area is 119 Å². The van der Waals surface area contributed by atoms with Crippen molar-refractivity contribution in [3.63, 3.8) is 0 Å². The summed E-state index contributed by atoms with van der Waals surface area (Å²) < 4.78 is 5.70. The Bertz CT molecular complexity index is 566. The van der Waals surface area contributed by atoms with E-state index in [9.17, 15) is 0 Å². The molecule has 1 aromatic heterocycles. The highest BCUT2D eigenvalue weighted by Crippen LogP contribution is 2.24. The SMILES string of the molecule is Cc1nc(-c2cccc(OC(C)C)c2)ccc1CCl. The molecule has 0 fully saturated rings. The average molecular weight is 276 g/mol. The Morgan fingerprint density at radius 2 is 2.00 bits per heavy atom. The van der Waals surface area contributed by atoms with Crippen LogP contribution in [-0.4, -0.2) is 11.1 Å². The molecule has 100 valence electrons. The first-order chi connectivity index (χ1) is 9.10. The third-order valence-corrected chi connectivity index (χ3v) is 3.13. The number of rotatable bonds is 4. The average Bonchev–Trinajstić information content (AvgIpc) is 2.38. The fraction of sp³-hybridized carbons (Fsp3) is 0.312. The molecule has 0 radical (unpaired) electrons. The molecule has 1 heterocycles. The van der Waals surface area contributed by atoms with E-state index in [1.54, 1.807) is 0 Å². The highest BCUT2D eigenvalue weighted by Gasteiger charge is 2.05. The van der Waals surface area contributed by atoms with E-state index in [1.165, 1.54) is 0 Å². The number of ether oxygens (including phenoxy) is 1. The molecule has 0 aliphatic carbocycles. The van der Waals surface area contributed by atoms with Gasteiger partial charge in [0.25, 0.3) is 0 Å². The Kier molecular flexibility index (Phi) is 4.43. The maximum atomic E-state index is 5.85. The van der Waals surface area contributed by atoms with Crippen molar-refractivity contribution in [2.24, 2.45) is 0 Å². The van der Waals surface area contributed by atoms with Crippen LogP contribution in [0.2, 0.25) is 0 Å². The molecule has 2 nitrogen and oxygen atoms in total. The van der Waals surface area contributed by atoms with Crippen LogP contribution in [0.15, 0.2) is 36.4 Å². The highest BCUT2D eigenvalue weighted by molar-refractivity contribution is 6.17. The van der Waals surface area contributed by atoms with E-state index < -0.39 is 0 Å². The molecule has 0 N–H and O–H groups in total. The lowest BCUT2D eigenvalue weighted by molar-refractivity contribution is 0.242. The van der Waals surface area contributed by atoms with Crippen molar-refractivity contribution in [2.75, 3.05) is 0 Å². The van der Waals surface area contributed by atoms with Crippen molar-refractivity contribution >= 4 is 11.6 Å². The molecule has 1 aromatic carbocycles. The van der Waals surface area contributed by atoms with Gasteiger partial charge in [-0.25, -0.2) is 0 Å². The third kappa shape index (κ3) is 3.48. The minimum atomic E-state index is 0.170. The minimum Gasteiger partial charge on any atom is -0.491 e. The summed E-state index contributed by atoms with van der Waals surface area (Å²) >= 11 is 5.85. The molecular weight excluding hydrogens is 258 g/mol. The molecule has 0 saturated carbocycles. The Balaban J connectivity index is 2.33. The van der Waals surface area contributed by atoms with Crippen molar-refractivity contribution in [1.29, 1.82) is 0 Å². The van der Waals surface area contributed by atoms with Crippen LogP contribution in [0.25, 0.3) is 11.3 Å². The Hall–Kier alpha value is -1.54. The summed E-state index contributed by atoms with van der Waals surface area (Å²) in [6.07, 6.45) is 0.170. The molecule has 0 saturated heterocycles. The number of aryl methyl sites for hydroxylation is 1. The molecular formula is C16H18ClNO. The van der Waals surface area contributed by atoms with Crippen molar-refractivity contribution in [3.8, 4) is 17.0 Å². The number of hydrogen-bond donors (Lipinski definition) is 0. The van der Waals surface area contributed by atoms with Gasteiger partial charge in [-0.2, -0.15) is 0 Å². The van der Waals surface area contributed by atoms with Crippen LogP contribution < -0.4 is 4.74 Å². The number of benzene rings is 1. The zero-order valence-corrected chi connectivity index (χ0v) is 12.2. The van der Waals surface area contributed by atoms with Crippen LogP contribution in [0.4, 0.5) is 0 Å². The second-order valence-corrected chi connectivity index (χ2v) is 5.04. The second-order valence-electron chi connectivity index (χ2n) is 4.77. The number of halogens is 1. The van der Waals surface area contributed by atoms with Crippen LogP contribution in [0.1, 0.15) is 25.1 Å². The van der Waals surface area contributed by atoms with E-state index in [2.05, 4.69) is 4.98 Å². The van der Waals surface area contributed by atoms with E-state index >= 15 is 0 Å². The zero-order valence-electron chi connectivity index (χ0n) is 11.5. The Morgan fingerprint density at radius 1 is 1.21 bits per heavy atom. The number of aromatic nitrogens is 1. The first kappa shape index (κ1) is 13.9. The van der Waals surface area contributed by atoms with Gasteiger partial charge in [-0.05, 0) is 44.5 Å². The molecule has 0 amide bonds. The summed E-state index contributed by atoms with van der Waals surface area (Å²) in [5.41, 5.74) is 4.05. The smallest absolute Gasteiger partial charge is 0.120 e. The van der Waals surface area contributed by atoms with Gasteiger partial charge in [-0.3, -0.25) is 4.98 Å². The van der Waals surface area contributed by atoms with Crippen molar-refractivity contribution in [2.45, 2.75) is 32.8 Å². The van der Waals surface area contributed by atoms with Gasteiger partial charge in [0.05, 0.1) is 11.8 Å². The summed E-state index contributed by atoms with van der Waals surface area (Å²) in [5, 5.41) is 0. The molecule has 3 heteroatoms. The molecule has 0 unspecified atom stereocenters. The van der Waals surface area contributed by atoms with Crippen LogP contribution in [0.5, 0.6) is 5.75 Å². The topological polar surface area (TPSA) is 22.1 Å².